The number of Topliss-reactive ketones (excluding diaryl/α,β-unsaturated/α-hetero) is 1. The average molecular weight is 439 g/mol. The van der Waals surface area contributed by atoms with Crippen LogP contribution in [0.4, 0.5) is 0 Å². The van der Waals surface area contributed by atoms with Gasteiger partial charge in [-0.3, -0.25) is 19.3 Å². The first kappa shape index (κ1) is 23.4. The number of hydrogen-bond acceptors (Lipinski definition) is 6. The third-order valence-corrected chi connectivity index (χ3v) is 6.18. The van der Waals surface area contributed by atoms with Crippen molar-refractivity contribution in [1.29, 1.82) is 0 Å². The van der Waals surface area contributed by atoms with Crippen LogP contribution in [-0.2, 0) is 25.8 Å². The first-order chi connectivity index (χ1) is 15.2. The van der Waals surface area contributed by atoms with Crippen molar-refractivity contribution < 1.29 is 24.3 Å². The highest BCUT2D eigenvalue weighted by molar-refractivity contribution is 6.23. The van der Waals surface area contributed by atoms with Gasteiger partial charge in [-0.25, -0.2) is 0 Å². The van der Waals surface area contributed by atoms with Crippen molar-refractivity contribution >= 4 is 23.3 Å². The van der Waals surface area contributed by atoms with Crippen molar-refractivity contribution in [2.45, 2.75) is 66.3 Å². The molecule has 1 atom stereocenters. The lowest BCUT2D eigenvalue weighted by atomic mass is 9.76. The average Bonchev–Trinajstić information content (AvgIpc) is 3.04. The minimum atomic E-state index is -0.324. The Morgan fingerprint density at radius 3 is 2.31 bits per heavy atom. The number of hydrogen-bond donors (Lipinski definition) is 1. The number of aryl methyl sites for hydroxylation is 2. The second kappa shape index (κ2) is 9.51. The normalized spacial score (nSPS) is 19.4. The van der Waals surface area contributed by atoms with Crippen molar-refractivity contribution in [3.63, 3.8) is 0 Å². The molecule has 1 aliphatic heterocycles. The number of carbonyl (C=O) groups is 3. The molecule has 0 spiro atoms. The molecule has 32 heavy (non-hydrogen) atoms. The molecule has 1 N–H and O–H groups in total. The summed E-state index contributed by atoms with van der Waals surface area (Å²) in [5, 5.41) is 14.8. The molecule has 3 rings (SSSR count). The van der Waals surface area contributed by atoms with Crippen LogP contribution in [0, 0.1) is 20.8 Å². The summed E-state index contributed by atoms with van der Waals surface area (Å²) in [6.07, 6.45) is 3.61. The van der Waals surface area contributed by atoms with E-state index < -0.39 is 0 Å². The van der Waals surface area contributed by atoms with Gasteiger partial charge in [0.05, 0.1) is 17.8 Å². The van der Waals surface area contributed by atoms with Gasteiger partial charge >= 0.3 is 0 Å². The molecule has 1 aromatic rings. The Morgan fingerprint density at radius 1 is 1.09 bits per heavy atom. The fourth-order valence-corrected chi connectivity index (χ4v) is 4.72. The molecule has 7 heteroatoms. The van der Waals surface area contributed by atoms with Crippen molar-refractivity contribution in [2.75, 3.05) is 6.61 Å². The summed E-state index contributed by atoms with van der Waals surface area (Å²) in [5.41, 5.74) is 5.55. The van der Waals surface area contributed by atoms with E-state index in [1.165, 1.54) is 17.1 Å². The molecular weight excluding hydrogens is 408 g/mol. The fraction of sp³-hybridized carbons (Fsp3) is 0.440. The van der Waals surface area contributed by atoms with Crippen LogP contribution >= 0.6 is 0 Å². The van der Waals surface area contributed by atoms with E-state index in [1.54, 1.807) is 0 Å². The molecular formula is C25H30N2O5. The highest BCUT2D eigenvalue weighted by Gasteiger charge is 2.34. The maximum atomic E-state index is 13.0. The molecule has 0 radical (unpaired) electrons. The Balaban J connectivity index is 1.98. The molecule has 1 aliphatic carbocycles. The number of ketones is 1. The standard InChI is InChI=1S/C25H30N2O5/c1-6-19(26-32-7-2)25-20(28)11-17(12-21(25)29)24-15(4)10-14(3)18(16(24)5)13-27-22(30)8-9-23(27)31/h8-10,17,28H,6-7,11-13H2,1-5H3. The molecule has 1 unspecified atom stereocenters. The molecule has 170 valence electrons. The maximum absolute atomic E-state index is 13.0. The summed E-state index contributed by atoms with van der Waals surface area (Å²) in [6.45, 7) is 10.1. The van der Waals surface area contributed by atoms with Crippen LogP contribution in [0.3, 0.4) is 0 Å². The molecule has 2 aliphatic rings. The number of amides is 2. The van der Waals surface area contributed by atoms with Gasteiger partial charge in [-0.2, -0.15) is 0 Å². The largest absolute Gasteiger partial charge is 0.511 e. The Bertz CT molecular complexity index is 1050. The summed E-state index contributed by atoms with van der Waals surface area (Å²) in [7, 11) is 0. The number of nitrogens with zero attached hydrogens (tertiary/aromatic N) is 2. The third-order valence-electron chi connectivity index (χ3n) is 6.18. The number of allylic oxidation sites excluding steroid dienone is 2. The molecule has 7 nitrogen and oxygen atoms in total. The van der Waals surface area contributed by atoms with Gasteiger partial charge in [-0.1, -0.05) is 18.1 Å². The predicted octanol–water partition coefficient (Wildman–Crippen LogP) is 4.10. The van der Waals surface area contributed by atoms with E-state index in [-0.39, 0.29) is 47.8 Å². The zero-order valence-electron chi connectivity index (χ0n) is 19.3. The van der Waals surface area contributed by atoms with Gasteiger partial charge < -0.3 is 9.94 Å². The summed E-state index contributed by atoms with van der Waals surface area (Å²) < 4.78 is 0. The van der Waals surface area contributed by atoms with Gasteiger partial charge in [-0.05, 0) is 67.9 Å². The van der Waals surface area contributed by atoms with Crippen LogP contribution in [0.1, 0.15) is 66.8 Å². The summed E-state index contributed by atoms with van der Waals surface area (Å²) >= 11 is 0. The van der Waals surface area contributed by atoms with Crippen LogP contribution in [0.5, 0.6) is 0 Å². The lowest BCUT2D eigenvalue weighted by Crippen LogP contribution is -2.30. The van der Waals surface area contributed by atoms with E-state index in [0.29, 0.717) is 25.2 Å². The minimum Gasteiger partial charge on any atom is -0.511 e. The smallest absolute Gasteiger partial charge is 0.253 e. The topological polar surface area (TPSA) is 96.3 Å². The lowest BCUT2D eigenvalue weighted by Gasteiger charge is -2.29. The summed E-state index contributed by atoms with van der Waals surface area (Å²) in [6, 6.07) is 2.02. The number of aliphatic hydroxyl groups excluding tert-OH is 1. The van der Waals surface area contributed by atoms with Crippen LogP contribution in [-0.4, -0.2) is 39.9 Å². The Kier molecular flexibility index (Phi) is 6.96. The first-order valence-corrected chi connectivity index (χ1v) is 11.0. The van der Waals surface area contributed by atoms with E-state index in [2.05, 4.69) is 5.16 Å². The van der Waals surface area contributed by atoms with Crippen molar-refractivity contribution in [1.82, 2.24) is 4.90 Å². The molecule has 1 heterocycles. The molecule has 0 saturated heterocycles. The van der Waals surface area contributed by atoms with Gasteiger partial charge in [0.1, 0.15) is 12.4 Å². The molecule has 0 bridgehead atoms. The Morgan fingerprint density at radius 2 is 1.75 bits per heavy atom. The van der Waals surface area contributed by atoms with Crippen molar-refractivity contribution in [2.24, 2.45) is 5.16 Å². The van der Waals surface area contributed by atoms with Gasteiger partial charge in [0, 0.05) is 25.0 Å². The highest BCUT2D eigenvalue weighted by atomic mass is 16.6. The number of aliphatic hydroxyl groups is 1. The molecule has 0 fully saturated rings. The van der Waals surface area contributed by atoms with E-state index in [9.17, 15) is 19.5 Å². The SMILES string of the molecule is CCON=C(CC)C1=C(O)CC(c2c(C)cc(C)c(CN3C(=O)C=CC3=O)c2C)CC1=O. The zero-order valence-corrected chi connectivity index (χ0v) is 19.3. The van der Waals surface area contributed by atoms with Gasteiger partial charge in [0.2, 0.25) is 0 Å². The second-order valence-corrected chi connectivity index (χ2v) is 8.28. The van der Waals surface area contributed by atoms with E-state index in [1.807, 2.05) is 40.7 Å². The number of carbonyl (C=O) groups excluding carboxylic acids is 3. The Hall–Kier alpha value is -3.22. The first-order valence-electron chi connectivity index (χ1n) is 11.0. The van der Waals surface area contributed by atoms with Gasteiger partial charge in [-0.15, -0.1) is 0 Å². The zero-order chi connectivity index (χ0) is 23.6. The van der Waals surface area contributed by atoms with Crippen LogP contribution in [0.2, 0.25) is 0 Å². The maximum Gasteiger partial charge on any atom is 0.253 e. The number of imide groups is 1. The molecule has 0 aromatic heterocycles. The van der Waals surface area contributed by atoms with Crippen LogP contribution < -0.4 is 0 Å². The summed E-state index contributed by atoms with van der Waals surface area (Å²) in [4.78, 5) is 43.5. The van der Waals surface area contributed by atoms with Crippen molar-refractivity contribution in [3.8, 4) is 0 Å². The monoisotopic (exact) mass is 438 g/mol. The summed E-state index contributed by atoms with van der Waals surface area (Å²) in [5.74, 6) is -0.973. The third kappa shape index (κ3) is 4.38. The number of benzene rings is 1. The number of rotatable bonds is 7. The lowest BCUT2D eigenvalue weighted by molar-refractivity contribution is -0.137. The second-order valence-electron chi connectivity index (χ2n) is 8.28. The van der Waals surface area contributed by atoms with Crippen LogP contribution in [0.15, 0.2) is 34.7 Å². The van der Waals surface area contributed by atoms with Gasteiger partial charge in [0.15, 0.2) is 5.78 Å². The molecule has 1 aromatic carbocycles. The minimum absolute atomic E-state index is 0.0292. The van der Waals surface area contributed by atoms with E-state index in [0.717, 1.165) is 27.8 Å². The molecule has 2 amide bonds. The van der Waals surface area contributed by atoms with E-state index >= 15 is 0 Å². The number of oxime groups is 1. The molecule has 0 saturated carbocycles. The van der Waals surface area contributed by atoms with Crippen molar-refractivity contribution in [3.05, 3.63) is 57.4 Å². The predicted molar refractivity (Wildman–Crippen MR) is 121 cm³/mol. The van der Waals surface area contributed by atoms with E-state index in [4.69, 9.17) is 4.84 Å². The highest BCUT2D eigenvalue weighted by Crippen LogP contribution is 2.39. The van der Waals surface area contributed by atoms with Gasteiger partial charge in [0.25, 0.3) is 11.8 Å². The van der Waals surface area contributed by atoms with Crippen LogP contribution in [0.25, 0.3) is 0 Å². The Labute approximate surface area is 188 Å². The quantitative estimate of drug-likeness (QED) is 0.393. The fourth-order valence-electron chi connectivity index (χ4n) is 4.72.